The molecule has 0 saturated heterocycles. The molecule has 9 nitrogen and oxygen atoms in total. The van der Waals surface area contributed by atoms with Crippen molar-refractivity contribution in [1.82, 2.24) is 5.32 Å². The molecule has 0 aromatic heterocycles. The maximum absolute atomic E-state index is 13.6. The summed E-state index contributed by atoms with van der Waals surface area (Å²) in [5.41, 5.74) is 0. The minimum Gasteiger partial charge on any atom is -0.456 e. The number of allylic oxidation sites excluding steroid dienone is 11. The van der Waals surface area contributed by atoms with Crippen molar-refractivity contribution in [3.05, 3.63) is 72.9 Å². The van der Waals surface area contributed by atoms with E-state index in [9.17, 15) is 19.0 Å². The molecule has 0 aliphatic carbocycles. The van der Waals surface area contributed by atoms with Crippen LogP contribution in [0.3, 0.4) is 0 Å². The molecular weight excluding hydrogens is 976 g/mol. The van der Waals surface area contributed by atoms with Crippen LogP contribution in [-0.4, -0.2) is 74.3 Å². The zero-order chi connectivity index (χ0) is 56.4. The van der Waals surface area contributed by atoms with Crippen molar-refractivity contribution in [3.63, 3.8) is 0 Å². The van der Waals surface area contributed by atoms with Gasteiger partial charge in [0.2, 0.25) is 5.91 Å². The number of carbonyl (C=O) groups excluding carboxylic acids is 2. The number of nitrogens with one attached hydrogen (secondary N) is 1. The molecule has 2 N–H and O–H groups in total. The Morgan fingerprint density at radius 1 is 0.468 bits per heavy atom. The first kappa shape index (κ1) is 74.5. The lowest BCUT2D eigenvalue weighted by atomic mass is 10.0. The van der Waals surface area contributed by atoms with Gasteiger partial charge in [-0.3, -0.25) is 18.6 Å². The first-order valence-corrected chi connectivity index (χ1v) is 33.8. The molecular formula is C67H124N2O7P+. The van der Waals surface area contributed by atoms with Crippen molar-refractivity contribution >= 4 is 19.7 Å². The monoisotopic (exact) mass is 1100 g/mol. The Labute approximate surface area is 476 Å². The van der Waals surface area contributed by atoms with Crippen molar-refractivity contribution in [2.24, 2.45) is 0 Å². The van der Waals surface area contributed by atoms with Crippen LogP contribution in [-0.2, 0) is 27.9 Å². The summed E-state index contributed by atoms with van der Waals surface area (Å²) in [6.45, 7) is 6.92. The van der Waals surface area contributed by atoms with Gasteiger partial charge in [-0.15, -0.1) is 0 Å². The molecule has 0 rings (SSSR count). The van der Waals surface area contributed by atoms with Gasteiger partial charge >= 0.3 is 13.8 Å². The van der Waals surface area contributed by atoms with E-state index in [1.807, 2.05) is 33.3 Å². The molecule has 0 aromatic rings. The van der Waals surface area contributed by atoms with Crippen molar-refractivity contribution in [1.29, 1.82) is 0 Å². The van der Waals surface area contributed by atoms with Crippen LogP contribution >= 0.6 is 7.82 Å². The van der Waals surface area contributed by atoms with Gasteiger partial charge in [-0.2, -0.15) is 0 Å². The molecule has 77 heavy (non-hydrogen) atoms. The van der Waals surface area contributed by atoms with Crippen LogP contribution in [0.2, 0.25) is 0 Å². The number of quaternary nitrogens is 1. The summed E-state index contributed by atoms with van der Waals surface area (Å²) in [4.78, 5) is 37.8. The van der Waals surface area contributed by atoms with Gasteiger partial charge in [0, 0.05) is 12.8 Å². The smallest absolute Gasteiger partial charge is 0.456 e. The summed E-state index contributed by atoms with van der Waals surface area (Å²) < 4.78 is 30.7. The minimum absolute atomic E-state index is 0.0376. The first-order valence-electron chi connectivity index (χ1n) is 32.3. The Bertz CT molecular complexity index is 1550. The fraction of sp³-hybridized carbons (Fsp3) is 0.791. The number of unbranched alkanes of at least 4 members (excludes halogenated alkanes) is 32. The number of carbonyl (C=O) groups is 2. The number of hydrogen-bond donors (Lipinski definition) is 2. The largest absolute Gasteiger partial charge is 0.472 e. The number of phosphoric ester groups is 1. The van der Waals surface area contributed by atoms with E-state index >= 15 is 0 Å². The highest BCUT2D eigenvalue weighted by Crippen LogP contribution is 2.43. The molecule has 3 atom stereocenters. The number of hydrogen-bond acceptors (Lipinski definition) is 6. The normalized spacial score (nSPS) is 14.1. The number of likely N-dealkylation sites (N-methyl/N-ethyl adjacent to an activating group) is 1. The van der Waals surface area contributed by atoms with E-state index < -0.39 is 20.0 Å². The second-order valence-electron chi connectivity index (χ2n) is 22.9. The van der Waals surface area contributed by atoms with Gasteiger partial charge in [0.25, 0.3) is 0 Å². The zero-order valence-corrected chi connectivity index (χ0v) is 52.1. The maximum atomic E-state index is 13.6. The fourth-order valence-corrected chi connectivity index (χ4v) is 9.94. The van der Waals surface area contributed by atoms with Gasteiger partial charge in [0.15, 0.2) is 0 Å². The molecule has 0 fully saturated rings. The van der Waals surface area contributed by atoms with Gasteiger partial charge in [-0.05, 0) is 76.7 Å². The molecule has 448 valence electrons. The van der Waals surface area contributed by atoms with Gasteiger partial charge < -0.3 is 19.4 Å². The van der Waals surface area contributed by atoms with E-state index in [-0.39, 0.29) is 31.5 Å². The highest BCUT2D eigenvalue weighted by atomic mass is 31.2. The van der Waals surface area contributed by atoms with Crippen molar-refractivity contribution in [2.75, 3.05) is 40.9 Å². The van der Waals surface area contributed by atoms with Crippen LogP contribution in [0.1, 0.15) is 290 Å². The van der Waals surface area contributed by atoms with E-state index in [2.05, 4.69) is 86.8 Å². The van der Waals surface area contributed by atoms with Crippen LogP contribution in [0.5, 0.6) is 0 Å². The fourth-order valence-electron chi connectivity index (χ4n) is 9.20. The van der Waals surface area contributed by atoms with Gasteiger partial charge in [0.05, 0.1) is 33.8 Å². The molecule has 3 unspecified atom stereocenters. The number of rotatable bonds is 58. The summed E-state index contributed by atoms with van der Waals surface area (Å²) in [6, 6.07) is -0.853. The van der Waals surface area contributed by atoms with E-state index in [1.54, 1.807) is 0 Å². The van der Waals surface area contributed by atoms with Crippen molar-refractivity contribution in [2.45, 2.75) is 303 Å². The lowest BCUT2D eigenvalue weighted by Gasteiger charge is -2.27. The number of nitrogens with zero attached hydrogens (tertiary/aromatic N) is 1. The molecule has 0 aromatic carbocycles. The third-order valence-corrected chi connectivity index (χ3v) is 15.1. The number of ether oxygens (including phenoxy) is 1. The Kier molecular flexibility index (Phi) is 54.8. The summed E-state index contributed by atoms with van der Waals surface area (Å²) in [7, 11) is 1.49. The average molecular weight is 1100 g/mol. The minimum atomic E-state index is -4.45. The molecule has 0 heterocycles. The van der Waals surface area contributed by atoms with Crippen molar-refractivity contribution < 1.29 is 37.3 Å². The molecule has 1 amide bonds. The second kappa shape index (κ2) is 56.7. The first-order chi connectivity index (χ1) is 37.4. The third-order valence-electron chi connectivity index (χ3n) is 14.2. The average Bonchev–Trinajstić information content (AvgIpc) is 3.39. The zero-order valence-electron chi connectivity index (χ0n) is 51.2. The molecule has 0 spiro atoms. The molecule has 0 bridgehead atoms. The van der Waals surface area contributed by atoms with Gasteiger partial charge in [-0.25, -0.2) is 4.57 Å². The predicted octanol–water partition coefficient (Wildman–Crippen LogP) is 20.0. The summed E-state index contributed by atoms with van der Waals surface area (Å²) in [5, 5.41) is 3.06. The van der Waals surface area contributed by atoms with Crippen LogP contribution in [0.25, 0.3) is 0 Å². The van der Waals surface area contributed by atoms with Crippen molar-refractivity contribution in [3.8, 4) is 0 Å². The topological polar surface area (TPSA) is 111 Å². The molecule has 0 radical (unpaired) electrons. The van der Waals surface area contributed by atoms with E-state index in [4.69, 9.17) is 13.8 Å². The lowest BCUT2D eigenvalue weighted by Crippen LogP contribution is -2.47. The van der Waals surface area contributed by atoms with Gasteiger partial charge in [0.1, 0.15) is 19.3 Å². The lowest BCUT2D eigenvalue weighted by molar-refractivity contribution is -0.870. The van der Waals surface area contributed by atoms with E-state index in [1.165, 1.54) is 154 Å². The van der Waals surface area contributed by atoms with E-state index in [0.29, 0.717) is 17.4 Å². The highest BCUT2D eigenvalue weighted by Gasteiger charge is 2.30. The van der Waals surface area contributed by atoms with Gasteiger partial charge in [-0.1, -0.05) is 274 Å². The van der Waals surface area contributed by atoms with Crippen LogP contribution in [0.15, 0.2) is 72.9 Å². The molecule has 0 aliphatic heterocycles. The summed E-state index contributed by atoms with van der Waals surface area (Å²) in [5.74, 6) is -0.510. The maximum Gasteiger partial charge on any atom is 0.472 e. The second-order valence-corrected chi connectivity index (χ2v) is 24.4. The number of esters is 1. The molecule has 10 heteroatoms. The SMILES string of the molecule is CC/C=C\C/C=C\C/C=C\C/C=C\C/C=C\CCCCCCCCCC(=O)OC(/C=C/CCCCCCCCCCCCC)C(COP(=O)(O)OCC[N+](C)(C)C)NC(=O)CCCCCCCCCCCCCCCCC. The van der Waals surface area contributed by atoms with Crippen LogP contribution < -0.4 is 5.32 Å². The summed E-state index contributed by atoms with van der Waals surface area (Å²) in [6.07, 6.45) is 73.2. The van der Waals surface area contributed by atoms with Crippen LogP contribution in [0, 0.1) is 0 Å². The summed E-state index contributed by atoms with van der Waals surface area (Å²) >= 11 is 0. The Morgan fingerprint density at radius 2 is 0.831 bits per heavy atom. The quantitative estimate of drug-likeness (QED) is 0.0205. The molecule has 0 aliphatic rings. The number of phosphoric acid groups is 1. The third kappa shape index (κ3) is 57.9. The standard InChI is InChI=1S/C67H123N2O7P/c1-7-10-13-16-19-22-25-28-30-31-32-33-34-35-36-37-39-42-45-48-51-54-57-60-67(71)76-65(58-55-52-49-46-43-40-27-24-21-18-15-12-9-3)64(63-75-77(72,73)74-62-61-69(4,5)6)68-66(70)59-56-53-50-47-44-41-38-29-26-23-20-17-14-11-8-2/h10,13,19,22,28,30,32-33,35-36,55,58,64-65H,7-9,11-12,14-18,20-21,23-27,29,31,34,37-54,56-57,59-63H2,1-6H3,(H-,68,70,72,73)/p+1/b13-10-,22-19-,30-28-,33-32-,36-35-,58-55+. The van der Waals surface area contributed by atoms with E-state index in [0.717, 1.165) is 103 Å². The van der Waals surface area contributed by atoms with Crippen LogP contribution in [0.4, 0.5) is 0 Å². The number of amides is 1. The predicted molar refractivity (Wildman–Crippen MR) is 332 cm³/mol. The molecule has 0 saturated carbocycles. The highest BCUT2D eigenvalue weighted by molar-refractivity contribution is 7.47. The Hall–Kier alpha value is -2.55. The Morgan fingerprint density at radius 3 is 1.25 bits per heavy atom. The Balaban J connectivity index is 5.23.